The highest BCUT2D eigenvalue weighted by Gasteiger charge is 2.21. The van der Waals surface area contributed by atoms with E-state index in [0.29, 0.717) is 11.3 Å². The number of anilines is 2. The van der Waals surface area contributed by atoms with Crippen LogP contribution in [0.1, 0.15) is 10.4 Å². The summed E-state index contributed by atoms with van der Waals surface area (Å²) in [5.74, 6) is -1.18. The number of benzene rings is 2. The summed E-state index contributed by atoms with van der Waals surface area (Å²) in [6.07, 6.45) is 3.20. The summed E-state index contributed by atoms with van der Waals surface area (Å²) in [6.45, 7) is 0. The number of nitrogens with one attached hydrogen (secondary N) is 1. The zero-order chi connectivity index (χ0) is 22.8. The van der Waals surface area contributed by atoms with Crippen LogP contribution >= 0.6 is 0 Å². The van der Waals surface area contributed by atoms with E-state index in [-0.39, 0.29) is 22.9 Å². The average Bonchev–Trinajstić information content (AvgIpc) is 3.16. The van der Waals surface area contributed by atoms with Gasteiger partial charge >= 0.3 is 5.97 Å². The fraction of sp³-hybridized carbons (Fsp3) is 0.136. The van der Waals surface area contributed by atoms with Crippen molar-refractivity contribution in [3.8, 4) is 17.0 Å². The van der Waals surface area contributed by atoms with Crippen molar-refractivity contribution < 1.29 is 18.7 Å². The number of nitrogens with zero attached hydrogens (tertiary/aromatic N) is 4. The second kappa shape index (κ2) is 8.42. The third kappa shape index (κ3) is 3.62. The minimum absolute atomic E-state index is 0.0994. The van der Waals surface area contributed by atoms with Crippen LogP contribution in [0.4, 0.5) is 21.7 Å². The lowest BCUT2D eigenvalue weighted by atomic mass is 10.1. The van der Waals surface area contributed by atoms with E-state index in [1.165, 1.54) is 26.5 Å². The molecule has 2 aromatic carbocycles. The maximum atomic E-state index is 13.9. The Bertz CT molecular complexity index is 1350. The fourth-order valence-corrected chi connectivity index (χ4v) is 3.44. The maximum absolute atomic E-state index is 13.9. The number of rotatable bonds is 6. The van der Waals surface area contributed by atoms with Crippen LogP contribution in [-0.2, 0) is 11.8 Å². The quantitative estimate of drug-likeness (QED) is 0.345. The number of aromatic nitrogens is 3. The van der Waals surface area contributed by atoms with Gasteiger partial charge in [0.1, 0.15) is 17.0 Å². The van der Waals surface area contributed by atoms with Crippen LogP contribution < -0.4 is 10.1 Å². The molecule has 0 bridgehead atoms. The van der Waals surface area contributed by atoms with Crippen molar-refractivity contribution in [2.75, 3.05) is 19.5 Å². The Morgan fingerprint density at radius 1 is 1.22 bits per heavy atom. The van der Waals surface area contributed by atoms with Gasteiger partial charge in [0.15, 0.2) is 5.82 Å². The van der Waals surface area contributed by atoms with Gasteiger partial charge in [-0.25, -0.2) is 19.2 Å². The number of hydrogen-bond acceptors (Lipinski definition) is 8. The molecule has 2 aromatic heterocycles. The van der Waals surface area contributed by atoms with Crippen molar-refractivity contribution in [1.29, 1.82) is 0 Å². The number of ether oxygens (including phenoxy) is 2. The molecule has 0 aliphatic rings. The molecule has 0 saturated heterocycles. The second-order valence-electron chi connectivity index (χ2n) is 6.84. The Labute approximate surface area is 181 Å². The van der Waals surface area contributed by atoms with Crippen LogP contribution in [0.5, 0.6) is 5.75 Å². The van der Waals surface area contributed by atoms with Crippen LogP contribution in [0.2, 0.25) is 0 Å². The highest BCUT2D eigenvalue weighted by molar-refractivity contribution is 6.02. The number of para-hydroxylation sites is 1. The molecule has 0 atom stereocenters. The molecule has 0 saturated carbocycles. The van der Waals surface area contributed by atoms with Crippen LogP contribution in [0.25, 0.3) is 22.2 Å². The largest absolute Gasteiger partial charge is 0.494 e. The first kappa shape index (κ1) is 20.9. The molecule has 0 fully saturated rings. The normalized spacial score (nSPS) is 10.8. The molecule has 9 nitrogen and oxygen atoms in total. The molecular formula is C22H18FN5O4. The molecule has 0 unspecified atom stereocenters. The number of carbonyl (C=O) groups excluding carboxylic acids is 1. The number of hydrogen-bond donors (Lipinski definition) is 1. The third-order valence-corrected chi connectivity index (χ3v) is 4.96. The molecule has 2 heterocycles. The summed E-state index contributed by atoms with van der Waals surface area (Å²) in [5.41, 5.74) is 2.02. The van der Waals surface area contributed by atoms with Crippen molar-refractivity contribution in [3.05, 3.63) is 65.1 Å². The zero-order valence-electron chi connectivity index (χ0n) is 17.4. The SMILES string of the molecule is COC(=O)c1cnc(Nc2cc(N=O)c(F)cc2OC)nc1-c1cn(C)c2ccccc12. The smallest absolute Gasteiger partial charge is 0.341 e. The van der Waals surface area contributed by atoms with E-state index in [0.717, 1.165) is 17.0 Å². The van der Waals surface area contributed by atoms with E-state index in [2.05, 4.69) is 20.5 Å². The summed E-state index contributed by atoms with van der Waals surface area (Å²) < 4.78 is 25.9. The Kier molecular flexibility index (Phi) is 5.50. The van der Waals surface area contributed by atoms with Crippen molar-refractivity contribution in [2.24, 2.45) is 12.2 Å². The first-order valence-electron chi connectivity index (χ1n) is 9.44. The van der Waals surface area contributed by atoms with Crippen molar-refractivity contribution in [3.63, 3.8) is 0 Å². The van der Waals surface area contributed by atoms with Gasteiger partial charge in [0, 0.05) is 42.0 Å². The third-order valence-electron chi connectivity index (χ3n) is 4.96. The Morgan fingerprint density at radius 2 is 2.00 bits per heavy atom. The second-order valence-corrected chi connectivity index (χ2v) is 6.84. The lowest BCUT2D eigenvalue weighted by Crippen LogP contribution is -2.08. The lowest BCUT2D eigenvalue weighted by Gasteiger charge is -2.13. The van der Waals surface area contributed by atoms with Crippen LogP contribution in [0.15, 0.2) is 54.0 Å². The zero-order valence-corrected chi connectivity index (χ0v) is 17.4. The number of methoxy groups -OCH3 is 2. The van der Waals surface area contributed by atoms with E-state index in [4.69, 9.17) is 9.47 Å². The van der Waals surface area contributed by atoms with Gasteiger partial charge in [-0.05, 0) is 17.3 Å². The van der Waals surface area contributed by atoms with Gasteiger partial charge < -0.3 is 19.4 Å². The molecule has 0 radical (unpaired) electrons. The molecule has 0 aliphatic heterocycles. The summed E-state index contributed by atoms with van der Waals surface area (Å²) in [4.78, 5) is 32.0. The van der Waals surface area contributed by atoms with E-state index in [9.17, 15) is 14.1 Å². The van der Waals surface area contributed by atoms with Gasteiger partial charge in [-0.2, -0.15) is 0 Å². The topological polar surface area (TPSA) is 108 Å². The van der Waals surface area contributed by atoms with Gasteiger partial charge in [0.2, 0.25) is 5.95 Å². The molecule has 32 heavy (non-hydrogen) atoms. The first-order valence-corrected chi connectivity index (χ1v) is 9.44. The lowest BCUT2D eigenvalue weighted by molar-refractivity contribution is 0.0601. The van der Waals surface area contributed by atoms with Crippen LogP contribution in [0.3, 0.4) is 0 Å². The summed E-state index contributed by atoms with van der Waals surface area (Å²) in [7, 11) is 4.52. The maximum Gasteiger partial charge on any atom is 0.341 e. The van der Waals surface area contributed by atoms with E-state index >= 15 is 0 Å². The number of carbonyl (C=O) groups is 1. The molecule has 1 N–H and O–H groups in total. The minimum atomic E-state index is -0.819. The number of halogens is 1. The van der Waals surface area contributed by atoms with Gasteiger partial charge in [-0.3, -0.25) is 0 Å². The molecule has 162 valence electrons. The molecule has 0 amide bonds. The number of esters is 1. The molecular weight excluding hydrogens is 417 g/mol. The average molecular weight is 435 g/mol. The van der Waals surface area contributed by atoms with Crippen LogP contribution in [0, 0.1) is 10.7 Å². The van der Waals surface area contributed by atoms with Gasteiger partial charge in [0.05, 0.1) is 25.6 Å². The Balaban J connectivity index is 1.87. The molecule has 4 aromatic rings. The number of aryl methyl sites for hydroxylation is 1. The van der Waals surface area contributed by atoms with E-state index in [1.807, 2.05) is 42.1 Å². The monoisotopic (exact) mass is 435 g/mol. The van der Waals surface area contributed by atoms with Crippen molar-refractivity contribution >= 4 is 34.2 Å². The van der Waals surface area contributed by atoms with Crippen molar-refractivity contribution in [1.82, 2.24) is 14.5 Å². The van der Waals surface area contributed by atoms with E-state index < -0.39 is 17.5 Å². The summed E-state index contributed by atoms with van der Waals surface area (Å²) in [6, 6.07) is 9.91. The predicted molar refractivity (Wildman–Crippen MR) is 117 cm³/mol. The highest BCUT2D eigenvalue weighted by atomic mass is 19.1. The standard InChI is InChI=1S/C22H18FN5O4/c1-28-11-14(12-6-4-5-7-18(12)28)20-13(21(29)32-3)10-24-22(26-20)25-17-9-16(27-30)15(23)8-19(17)31-2/h4-11H,1-3H3,(H,24,25,26). The van der Waals surface area contributed by atoms with Gasteiger partial charge in [-0.15, -0.1) is 4.91 Å². The van der Waals surface area contributed by atoms with E-state index in [1.54, 1.807) is 0 Å². The Hall–Kier alpha value is -4.34. The van der Waals surface area contributed by atoms with Gasteiger partial charge in [-0.1, -0.05) is 18.2 Å². The highest BCUT2D eigenvalue weighted by Crippen LogP contribution is 2.35. The Morgan fingerprint density at radius 3 is 2.72 bits per heavy atom. The molecule has 4 rings (SSSR count). The number of fused-ring (bicyclic) bond motifs is 1. The first-order chi connectivity index (χ1) is 15.5. The summed E-state index contributed by atoms with van der Waals surface area (Å²) >= 11 is 0. The van der Waals surface area contributed by atoms with Crippen molar-refractivity contribution in [2.45, 2.75) is 0 Å². The molecule has 10 heteroatoms. The van der Waals surface area contributed by atoms with Gasteiger partial charge in [0.25, 0.3) is 0 Å². The predicted octanol–water partition coefficient (Wildman–Crippen LogP) is 4.71. The minimum Gasteiger partial charge on any atom is -0.494 e. The summed E-state index contributed by atoms with van der Waals surface area (Å²) in [5, 5.41) is 6.46. The molecule has 0 aliphatic carbocycles. The number of nitroso groups, excluding NO2 is 1. The van der Waals surface area contributed by atoms with Crippen LogP contribution in [-0.4, -0.2) is 34.7 Å². The fourth-order valence-electron chi connectivity index (χ4n) is 3.44. The molecule has 0 spiro atoms.